The molecule has 0 aliphatic carbocycles. The maximum Gasteiger partial charge on any atom is 0.251 e. The summed E-state index contributed by atoms with van der Waals surface area (Å²) < 4.78 is 23.0. The van der Waals surface area contributed by atoms with Gasteiger partial charge in [-0.3, -0.25) is 4.79 Å². The van der Waals surface area contributed by atoms with Gasteiger partial charge in [0.15, 0.2) is 0 Å². The first-order chi connectivity index (χ1) is 9.15. The third kappa shape index (κ3) is 5.81. The number of ether oxygens (including phenoxy) is 2. The van der Waals surface area contributed by atoms with Crippen LogP contribution in [0.15, 0.2) is 18.2 Å². The second kappa shape index (κ2) is 8.61. The number of hydrogen-bond donors (Lipinski definition) is 1. The van der Waals surface area contributed by atoms with Crippen molar-refractivity contribution in [1.29, 1.82) is 0 Å². The molecule has 0 unspecified atom stereocenters. The molecule has 0 radical (unpaired) electrons. The van der Waals surface area contributed by atoms with E-state index in [4.69, 9.17) is 9.47 Å². The largest absolute Gasteiger partial charge is 0.382 e. The molecule has 0 atom stereocenters. The average Bonchev–Trinajstić information content (AvgIpc) is 2.37. The van der Waals surface area contributed by atoms with Crippen LogP contribution >= 0.6 is 0 Å². The van der Waals surface area contributed by atoms with Crippen LogP contribution in [-0.2, 0) is 9.47 Å². The fourth-order valence-corrected chi connectivity index (χ4v) is 1.60. The topological polar surface area (TPSA) is 47.6 Å². The van der Waals surface area contributed by atoms with Crippen molar-refractivity contribution in [3.63, 3.8) is 0 Å². The van der Waals surface area contributed by atoms with Crippen molar-refractivity contribution in [3.05, 3.63) is 35.1 Å². The highest BCUT2D eigenvalue weighted by Gasteiger charge is 2.08. The second-order valence-electron chi connectivity index (χ2n) is 4.17. The fourth-order valence-electron chi connectivity index (χ4n) is 1.60. The number of nitrogens with one attached hydrogen (secondary N) is 1. The van der Waals surface area contributed by atoms with Crippen LogP contribution in [0.5, 0.6) is 0 Å². The smallest absolute Gasteiger partial charge is 0.251 e. The maximum atomic E-state index is 12.9. The minimum absolute atomic E-state index is 0.186. The highest BCUT2D eigenvalue weighted by molar-refractivity contribution is 5.95. The lowest BCUT2D eigenvalue weighted by Gasteiger charge is -2.08. The van der Waals surface area contributed by atoms with Crippen LogP contribution in [0.4, 0.5) is 4.39 Å². The van der Waals surface area contributed by atoms with Crippen molar-refractivity contribution in [2.75, 3.05) is 33.5 Å². The number of hydrogen-bond acceptors (Lipinski definition) is 3. The number of carbonyl (C=O) groups excluding carboxylic acids is 1. The van der Waals surface area contributed by atoms with Gasteiger partial charge in [-0.15, -0.1) is 0 Å². The van der Waals surface area contributed by atoms with Crippen LogP contribution in [0.25, 0.3) is 0 Å². The van der Waals surface area contributed by atoms with Crippen molar-refractivity contribution in [2.24, 2.45) is 0 Å². The molecule has 0 aliphatic rings. The lowest BCUT2D eigenvalue weighted by Crippen LogP contribution is -2.26. The van der Waals surface area contributed by atoms with Crippen LogP contribution in [0, 0.1) is 12.7 Å². The molecule has 106 valence electrons. The van der Waals surface area contributed by atoms with Crippen molar-refractivity contribution >= 4 is 5.91 Å². The Kier molecular flexibility index (Phi) is 7.07. The van der Waals surface area contributed by atoms with Crippen molar-refractivity contribution in [2.45, 2.75) is 13.3 Å². The lowest BCUT2D eigenvalue weighted by molar-refractivity contribution is 0.0688. The predicted molar refractivity (Wildman–Crippen MR) is 70.8 cm³/mol. The first-order valence-corrected chi connectivity index (χ1v) is 6.26. The Balaban J connectivity index is 2.24. The summed E-state index contributed by atoms with van der Waals surface area (Å²) in [5, 5.41) is 2.78. The van der Waals surface area contributed by atoms with Gasteiger partial charge >= 0.3 is 0 Å². The SMILES string of the molecule is COCCOCCCNC(=O)c1ccc(F)cc1C. The summed E-state index contributed by atoms with van der Waals surface area (Å²) in [7, 11) is 1.62. The minimum Gasteiger partial charge on any atom is -0.382 e. The number of carbonyl (C=O) groups is 1. The molecule has 1 aromatic rings. The molecule has 1 N–H and O–H groups in total. The highest BCUT2D eigenvalue weighted by atomic mass is 19.1. The van der Waals surface area contributed by atoms with Crippen LogP contribution in [0.3, 0.4) is 0 Å². The Morgan fingerprint density at radius 1 is 1.32 bits per heavy atom. The van der Waals surface area contributed by atoms with E-state index in [9.17, 15) is 9.18 Å². The van der Waals surface area contributed by atoms with Crippen LogP contribution in [0.2, 0.25) is 0 Å². The number of aryl methyl sites for hydroxylation is 1. The van der Waals surface area contributed by atoms with E-state index in [-0.39, 0.29) is 11.7 Å². The fraction of sp³-hybridized carbons (Fsp3) is 0.500. The molecule has 1 amide bonds. The first-order valence-electron chi connectivity index (χ1n) is 6.26. The van der Waals surface area contributed by atoms with Gasteiger partial charge in [0.25, 0.3) is 5.91 Å². The van der Waals surface area contributed by atoms with Gasteiger partial charge in [0.1, 0.15) is 5.82 Å². The molecule has 0 fully saturated rings. The Morgan fingerprint density at radius 3 is 2.79 bits per heavy atom. The molecule has 0 aromatic heterocycles. The minimum atomic E-state index is -0.333. The van der Waals surface area contributed by atoms with Gasteiger partial charge in [-0.05, 0) is 37.1 Å². The zero-order valence-corrected chi connectivity index (χ0v) is 11.4. The summed E-state index contributed by atoms with van der Waals surface area (Å²) in [5.74, 6) is -0.519. The Morgan fingerprint density at radius 2 is 2.11 bits per heavy atom. The number of halogens is 1. The number of amides is 1. The van der Waals surface area contributed by atoms with E-state index in [1.54, 1.807) is 14.0 Å². The predicted octanol–water partition coefficient (Wildman–Crippen LogP) is 1.92. The molecule has 0 bridgehead atoms. The highest BCUT2D eigenvalue weighted by Crippen LogP contribution is 2.09. The molecule has 1 aromatic carbocycles. The van der Waals surface area contributed by atoms with Crippen LogP contribution in [0.1, 0.15) is 22.3 Å². The normalized spacial score (nSPS) is 10.5. The molecular formula is C14H20FNO3. The Hall–Kier alpha value is -1.46. The number of rotatable bonds is 8. The number of methoxy groups -OCH3 is 1. The zero-order chi connectivity index (χ0) is 14.1. The molecule has 0 saturated heterocycles. The van der Waals surface area contributed by atoms with Crippen LogP contribution in [-0.4, -0.2) is 39.4 Å². The van der Waals surface area contributed by atoms with Gasteiger partial charge in [-0.1, -0.05) is 0 Å². The van der Waals surface area contributed by atoms with Crippen LogP contribution < -0.4 is 5.32 Å². The summed E-state index contributed by atoms with van der Waals surface area (Å²) >= 11 is 0. The van der Waals surface area contributed by atoms with Gasteiger partial charge in [0.2, 0.25) is 0 Å². The zero-order valence-electron chi connectivity index (χ0n) is 11.4. The second-order valence-corrected chi connectivity index (χ2v) is 4.17. The summed E-state index contributed by atoms with van der Waals surface area (Å²) in [6, 6.07) is 4.13. The lowest BCUT2D eigenvalue weighted by atomic mass is 10.1. The molecule has 0 heterocycles. The van der Waals surface area contributed by atoms with Crippen molar-refractivity contribution < 1.29 is 18.7 Å². The number of benzene rings is 1. The third-order valence-corrected chi connectivity index (χ3v) is 2.62. The van der Waals surface area contributed by atoms with Gasteiger partial charge in [0.05, 0.1) is 13.2 Å². The van der Waals surface area contributed by atoms with Crippen molar-refractivity contribution in [1.82, 2.24) is 5.32 Å². The first kappa shape index (κ1) is 15.6. The summed E-state index contributed by atoms with van der Waals surface area (Å²) in [4.78, 5) is 11.8. The van der Waals surface area contributed by atoms with Gasteiger partial charge in [-0.25, -0.2) is 4.39 Å². The monoisotopic (exact) mass is 269 g/mol. The maximum absolute atomic E-state index is 12.9. The van der Waals surface area contributed by atoms with E-state index in [2.05, 4.69) is 5.32 Å². The van der Waals surface area contributed by atoms with Gasteiger partial charge < -0.3 is 14.8 Å². The molecule has 0 saturated carbocycles. The molecule has 0 aliphatic heterocycles. The van der Waals surface area contributed by atoms with E-state index >= 15 is 0 Å². The summed E-state index contributed by atoms with van der Waals surface area (Å²) in [5.41, 5.74) is 1.13. The van der Waals surface area contributed by atoms with E-state index in [0.29, 0.717) is 37.5 Å². The Bertz CT molecular complexity index is 410. The average molecular weight is 269 g/mol. The van der Waals surface area contributed by atoms with E-state index in [1.807, 2.05) is 0 Å². The molecule has 0 spiro atoms. The van der Waals surface area contributed by atoms with E-state index < -0.39 is 0 Å². The van der Waals surface area contributed by atoms with E-state index in [1.165, 1.54) is 18.2 Å². The standard InChI is InChI=1S/C14H20FNO3/c1-11-10-12(15)4-5-13(11)14(17)16-6-3-7-19-9-8-18-2/h4-5,10H,3,6-9H2,1-2H3,(H,16,17). The summed E-state index contributed by atoms with van der Waals surface area (Å²) in [6.45, 7) is 3.95. The quantitative estimate of drug-likeness (QED) is 0.733. The molecule has 19 heavy (non-hydrogen) atoms. The Labute approximate surface area is 112 Å². The molecule has 5 heteroatoms. The third-order valence-electron chi connectivity index (χ3n) is 2.62. The molecular weight excluding hydrogens is 249 g/mol. The molecule has 1 rings (SSSR count). The van der Waals surface area contributed by atoms with Crippen molar-refractivity contribution in [3.8, 4) is 0 Å². The van der Waals surface area contributed by atoms with Gasteiger partial charge in [0, 0.05) is 25.8 Å². The molecule has 4 nitrogen and oxygen atoms in total. The van der Waals surface area contributed by atoms with Gasteiger partial charge in [-0.2, -0.15) is 0 Å². The van der Waals surface area contributed by atoms with E-state index in [0.717, 1.165) is 6.42 Å². The summed E-state index contributed by atoms with van der Waals surface area (Å²) in [6.07, 6.45) is 0.732.